The first-order chi connectivity index (χ1) is 9.17. The summed E-state index contributed by atoms with van der Waals surface area (Å²) in [5.74, 6) is 0.622. The van der Waals surface area contributed by atoms with Crippen LogP contribution in [0.3, 0.4) is 0 Å². The first-order valence-corrected chi connectivity index (χ1v) is 7.20. The quantitative estimate of drug-likeness (QED) is 0.517. The van der Waals surface area contributed by atoms with Crippen molar-refractivity contribution in [1.29, 1.82) is 0 Å². The molecular formula is C12H12ClN3O2S. The highest BCUT2D eigenvalue weighted by atomic mass is 35.5. The van der Waals surface area contributed by atoms with Gasteiger partial charge in [0.25, 0.3) is 5.56 Å². The van der Waals surface area contributed by atoms with E-state index in [0.717, 1.165) is 6.21 Å². The number of thioether (sulfide) groups is 1. The molecule has 5 nitrogen and oxygen atoms in total. The van der Waals surface area contributed by atoms with E-state index in [4.69, 9.17) is 16.8 Å². The Morgan fingerprint density at radius 2 is 2.16 bits per heavy atom. The molecule has 0 aliphatic carbocycles. The van der Waals surface area contributed by atoms with Crippen molar-refractivity contribution in [1.82, 2.24) is 9.78 Å². The fraction of sp³-hybridized carbons (Fsp3) is 0.167. The van der Waals surface area contributed by atoms with Gasteiger partial charge in [0.2, 0.25) is 0 Å². The van der Waals surface area contributed by atoms with E-state index in [1.807, 2.05) is 6.26 Å². The SMILES string of the molecule is CSCc1[nH]n(-c2ccc(Cl)cc2)c(=O)c1C=NO. The smallest absolute Gasteiger partial charge is 0.280 e. The predicted octanol–water partition coefficient (Wildman–Crippen LogP) is 2.49. The van der Waals surface area contributed by atoms with E-state index in [1.165, 1.54) is 4.68 Å². The Kier molecular flexibility index (Phi) is 4.34. The van der Waals surface area contributed by atoms with E-state index >= 15 is 0 Å². The Morgan fingerprint density at radius 1 is 1.47 bits per heavy atom. The molecule has 0 bridgehead atoms. The fourth-order valence-electron chi connectivity index (χ4n) is 1.71. The summed E-state index contributed by atoms with van der Waals surface area (Å²) in [4.78, 5) is 12.2. The van der Waals surface area contributed by atoms with Gasteiger partial charge in [0.05, 0.1) is 23.2 Å². The minimum absolute atomic E-state index is 0.260. The van der Waals surface area contributed by atoms with E-state index in [1.54, 1.807) is 36.0 Å². The lowest BCUT2D eigenvalue weighted by Crippen LogP contribution is -2.17. The second-order valence-corrected chi connectivity index (χ2v) is 5.10. The average molecular weight is 298 g/mol. The van der Waals surface area contributed by atoms with Gasteiger partial charge in [-0.2, -0.15) is 11.8 Å². The molecule has 0 atom stereocenters. The van der Waals surface area contributed by atoms with Crippen LogP contribution in [0.5, 0.6) is 0 Å². The Morgan fingerprint density at radius 3 is 2.74 bits per heavy atom. The van der Waals surface area contributed by atoms with Crippen molar-refractivity contribution < 1.29 is 5.21 Å². The van der Waals surface area contributed by atoms with Crippen LogP contribution in [0.15, 0.2) is 34.2 Å². The van der Waals surface area contributed by atoms with Crippen molar-refractivity contribution in [2.75, 3.05) is 6.26 Å². The number of H-pyrrole nitrogens is 1. The van der Waals surface area contributed by atoms with Gasteiger partial charge in [-0.25, -0.2) is 4.68 Å². The number of hydrogen-bond acceptors (Lipinski definition) is 4. The minimum Gasteiger partial charge on any atom is -0.411 e. The highest BCUT2D eigenvalue weighted by molar-refractivity contribution is 7.97. The van der Waals surface area contributed by atoms with Crippen LogP contribution < -0.4 is 5.56 Å². The van der Waals surface area contributed by atoms with E-state index in [2.05, 4.69) is 10.3 Å². The maximum atomic E-state index is 12.2. The zero-order valence-electron chi connectivity index (χ0n) is 10.1. The molecule has 19 heavy (non-hydrogen) atoms. The number of oxime groups is 1. The van der Waals surface area contributed by atoms with Crippen molar-refractivity contribution in [3.63, 3.8) is 0 Å². The standard InChI is InChI=1S/C12H12ClN3O2S/c1-19-7-11-10(6-14-18)12(17)16(15-11)9-4-2-8(13)3-5-9/h2-6,15,18H,7H2,1H3. The van der Waals surface area contributed by atoms with Crippen molar-refractivity contribution in [2.45, 2.75) is 5.75 Å². The normalized spacial score (nSPS) is 11.3. The first-order valence-electron chi connectivity index (χ1n) is 5.43. The van der Waals surface area contributed by atoms with Gasteiger partial charge in [0.1, 0.15) is 0 Å². The van der Waals surface area contributed by atoms with E-state index in [-0.39, 0.29) is 5.56 Å². The molecule has 1 heterocycles. The predicted molar refractivity (Wildman–Crippen MR) is 78.0 cm³/mol. The number of hydrogen-bond donors (Lipinski definition) is 2. The summed E-state index contributed by atoms with van der Waals surface area (Å²) in [6.45, 7) is 0. The Bertz CT molecular complexity index is 646. The molecular weight excluding hydrogens is 286 g/mol. The summed E-state index contributed by atoms with van der Waals surface area (Å²) in [5.41, 5.74) is 1.48. The highest BCUT2D eigenvalue weighted by Gasteiger charge is 2.13. The van der Waals surface area contributed by atoms with Crippen LogP contribution in [-0.2, 0) is 5.75 Å². The van der Waals surface area contributed by atoms with Gasteiger partial charge in [-0.3, -0.25) is 9.89 Å². The lowest BCUT2D eigenvalue weighted by Gasteiger charge is -2.01. The Labute approximate surface area is 118 Å². The largest absolute Gasteiger partial charge is 0.411 e. The minimum atomic E-state index is -0.260. The molecule has 1 aromatic carbocycles. The molecule has 0 fully saturated rings. The van der Waals surface area contributed by atoms with Gasteiger partial charge in [0.15, 0.2) is 0 Å². The van der Waals surface area contributed by atoms with Gasteiger partial charge in [-0.1, -0.05) is 16.8 Å². The second-order valence-electron chi connectivity index (χ2n) is 3.80. The van der Waals surface area contributed by atoms with Crippen LogP contribution in [0.4, 0.5) is 0 Å². The third-order valence-electron chi connectivity index (χ3n) is 2.57. The zero-order valence-corrected chi connectivity index (χ0v) is 11.7. The maximum Gasteiger partial charge on any atom is 0.280 e. The molecule has 0 saturated heterocycles. The van der Waals surface area contributed by atoms with Gasteiger partial charge in [-0.05, 0) is 30.5 Å². The third-order valence-corrected chi connectivity index (χ3v) is 3.40. The number of nitrogens with one attached hydrogen (secondary N) is 1. The molecule has 2 N–H and O–H groups in total. The fourth-order valence-corrected chi connectivity index (χ4v) is 2.35. The van der Waals surface area contributed by atoms with Crippen LogP contribution in [0, 0.1) is 0 Å². The molecule has 2 rings (SSSR count). The van der Waals surface area contributed by atoms with Gasteiger partial charge in [-0.15, -0.1) is 0 Å². The number of benzene rings is 1. The molecule has 0 unspecified atom stereocenters. The number of halogens is 1. The second kappa shape index (κ2) is 5.99. The van der Waals surface area contributed by atoms with Crippen LogP contribution in [0.25, 0.3) is 5.69 Å². The van der Waals surface area contributed by atoms with Crippen molar-refractivity contribution in [3.8, 4) is 5.69 Å². The van der Waals surface area contributed by atoms with Crippen LogP contribution >= 0.6 is 23.4 Å². The number of aromatic amines is 1. The number of nitrogens with zero attached hydrogens (tertiary/aromatic N) is 2. The molecule has 2 aromatic rings. The highest BCUT2D eigenvalue weighted by Crippen LogP contribution is 2.14. The molecule has 0 spiro atoms. The monoisotopic (exact) mass is 297 g/mol. The van der Waals surface area contributed by atoms with Crippen LogP contribution in [-0.4, -0.2) is 27.5 Å². The van der Waals surface area contributed by atoms with Gasteiger partial charge < -0.3 is 5.21 Å². The van der Waals surface area contributed by atoms with E-state index < -0.39 is 0 Å². The van der Waals surface area contributed by atoms with Crippen LogP contribution in [0.1, 0.15) is 11.3 Å². The summed E-state index contributed by atoms with van der Waals surface area (Å²) >= 11 is 7.39. The topological polar surface area (TPSA) is 70.4 Å². The summed E-state index contributed by atoms with van der Waals surface area (Å²) in [7, 11) is 0. The number of rotatable bonds is 4. The lowest BCUT2D eigenvalue weighted by molar-refractivity contribution is 0.322. The maximum absolute atomic E-state index is 12.2. The summed E-state index contributed by atoms with van der Waals surface area (Å²) < 4.78 is 1.40. The molecule has 0 amide bonds. The van der Waals surface area contributed by atoms with Crippen molar-refractivity contribution in [3.05, 3.63) is 50.9 Å². The van der Waals surface area contributed by atoms with Crippen molar-refractivity contribution in [2.24, 2.45) is 5.16 Å². The van der Waals surface area contributed by atoms with Gasteiger partial charge >= 0.3 is 0 Å². The molecule has 0 radical (unpaired) electrons. The van der Waals surface area contributed by atoms with E-state index in [0.29, 0.717) is 27.7 Å². The molecule has 0 saturated carbocycles. The average Bonchev–Trinajstić information content (AvgIpc) is 2.70. The van der Waals surface area contributed by atoms with Crippen LogP contribution in [0.2, 0.25) is 5.02 Å². The number of aromatic nitrogens is 2. The first kappa shape index (κ1) is 13.8. The summed E-state index contributed by atoms with van der Waals surface area (Å²) in [6, 6.07) is 6.89. The Hall–Kier alpha value is -1.66. The zero-order chi connectivity index (χ0) is 13.8. The molecule has 100 valence electrons. The third kappa shape index (κ3) is 2.85. The molecule has 7 heteroatoms. The van der Waals surface area contributed by atoms with Crippen molar-refractivity contribution >= 4 is 29.6 Å². The van der Waals surface area contributed by atoms with E-state index in [9.17, 15) is 4.79 Å². The summed E-state index contributed by atoms with van der Waals surface area (Å²) in [5, 5.41) is 15.2. The Balaban J connectivity index is 2.55. The summed E-state index contributed by atoms with van der Waals surface area (Å²) in [6.07, 6.45) is 3.08. The molecule has 1 aromatic heterocycles. The van der Waals surface area contributed by atoms with Gasteiger partial charge in [0, 0.05) is 10.8 Å². The lowest BCUT2D eigenvalue weighted by atomic mass is 10.3. The molecule has 0 aliphatic rings. The molecule has 0 aliphatic heterocycles.